The zero-order valence-electron chi connectivity index (χ0n) is 32.9. The normalized spacial score (nSPS) is 14.6. The van der Waals surface area contributed by atoms with E-state index in [1.165, 1.54) is 49.7 Å². The van der Waals surface area contributed by atoms with Gasteiger partial charge >= 0.3 is 0 Å². The van der Waals surface area contributed by atoms with Crippen LogP contribution in [0.15, 0.2) is 201 Å². The smallest absolute Gasteiger partial charge is 0.164 e. The van der Waals surface area contributed by atoms with Crippen LogP contribution in [0.3, 0.4) is 0 Å². The highest BCUT2D eigenvalue weighted by atomic mass is 15.0. The van der Waals surface area contributed by atoms with E-state index in [1.807, 2.05) is 24.5 Å². The molecule has 10 aromatic rings. The van der Waals surface area contributed by atoms with E-state index in [9.17, 15) is 0 Å². The number of pyridine rings is 2. The summed E-state index contributed by atoms with van der Waals surface area (Å²) in [6.45, 7) is 0. The summed E-state index contributed by atoms with van der Waals surface area (Å²) < 4.78 is 0. The first-order chi connectivity index (χ1) is 30.2. The molecule has 2 aliphatic carbocycles. The predicted molar refractivity (Wildman–Crippen MR) is 246 cm³/mol. The van der Waals surface area contributed by atoms with Crippen molar-refractivity contribution in [1.82, 2.24) is 24.9 Å². The number of aromatic nitrogens is 5. The summed E-state index contributed by atoms with van der Waals surface area (Å²) in [7, 11) is 0. The molecule has 3 heterocycles. The van der Waals surface area contributed by atoms with Crippen LogP contribution < -0.4 is 0 Å². The molecule has 1 unspecified atom stereocenters. The van der Waals surface area contributed by atoms with Gasteiger partial charge in [-0.2, -0.15) is 0 Å². The highest BCUT2D eigenvalue weighted by molar-refractivity contribution is 6.05. The van der Waals surface area contributed by atoms with Gasteiger partial charge in [0.25, 0.3) is 0 Å². The molecule has 1 spiro atoms. The van der Waals surface area contributed by atoms with Crippen LogP contribution in [0.1, 0.15) is 33.4 Å². The Hall–Kier alpha value is -8.15. The summed E-state index contributed by atoms with van der Waals surface area (Å²) in [5.74, 6) is 1.79. The molecule has 7 aromatic carbocycles. The number of rotatable bonds is 5. The Bertz CT molecular complexity index is 3270. The lowest BCUT2D eigenvalue weighted by molar-refractivity contribution is 0.767. The maximum absolute atomic E-state index is 5.31. The van der Waals surface area contributed by atoms with Gasteiger partial charge in [0.05, 0.1) is 5.41 Å². The van der Waals surface area contributed by atoms with Crippen molar-refractivity contribution in [3.8, 4) is 67.5 Å². The molecule has 284 valence electrons. The lowest BCUT2D eigenvalue weighted by Gasteiger charge is -2.35. The van der Waals surface area contributed by atoms with Gasteiger partial charge in [0.1, 0.15) is 0 Å². The van der Waals surface area contributed by atoms with Crippen molar-refractivity contribution < 1.29 is 0 Å². The summed E-state index contributed by atoms with van der Waals surface area (Å²) in [5, 5.41) is 2.48. The van der Waals surface area contributed by atoms with Crippen molar-refractivity contribution in [2.24, 2.45) is 0 Å². The van der Waals surface area contributed by atoms with Crippen LogP contribution in [-0.2, 0) is 5.41 Å². The van der Waals surface area contributed by atoms with Gasteiger partial charge in [-0.1, -0.05) is 158 Å². The molecule has 3 aromatic heterocycles. The third kappa shape index (κ3) is 5.59. The average Bonchev–Trinajstić information content (AvgIpc) is 3.56. The molecule has 0 N–H and O–H groups in total. The topological polar surface area (TPSA) is 64.5 Å². The van der Waals surface area contributed by atoms with Gasteiger partial charge < -0.3 is 0 Å². The van der Waals surface area contributed by atoms with Crippen LogP contribution in [0.2, 0.25) is 0 Å². The van der Waals surface area contributed by atoms with E-state index in [4.69, 9.17) is 15.0 Å². The first-order valence-corrected chi connectivity index (χ1v) is 20.5. The zero-order chi connectivity index (χ0) is 40.3. The average molecular weight is 778 g/mol. The molecule has 0 fully saturated rings. The van der Waals surface area contributed by atoms with Crippen LogP contribution in [0, 0.1) is 0 Å². The Labute approximate surface area is 353 Å². The first kappa shape index (κ1) is 34.9. The second-order valence-electron chi connectivity index (χ2n) is 15.7. The van der Waals surface area contributed by atoms with E-state index in [-0.39, 0.29) is 0 Å². The van der Waals surface area contributed by atoms with Crippen molar-refractivity contribution in [2.45, 2.75) is 5.41 Å². The molecule has 0 aliphatic heterocycles. The molecule has 0 bridgehead atoms. The second kappa shape index (κ2) is 14.0. The number of fused-ring (bicyclic) bond motifs is 11. The van der Waals surface area contributed by atoms with E-state index >= 15 is 0 Å². The van der Waals surface area contributed by atoms with Crippen molar-refractivity contribution >= 4 is 22.9 Å². The third-order valence-electron chi connectivity index (χ3n) is 12.3. The van der Waals surface area contributed by atoms with E-state index in [2.05, 4.69) is 186 Å². The second-order valence-corrected chi connectivity index (χ2v) is 15.7. The van der Waals surface area contributed by atoms with E-state index in [0.29, 0.717) is 17.5 Å². The Morgan fingerprint density at radius 2 is 0.902 bits per heavy atom. The fraction of sp³-hybridized carbons (Fsp3) is 0.0179. The number of hydrogen-bond acceptors (Lipinski definition) is 5. The molecule has 5 heteroatoms. The Balaban J connectivity index is 1.11. The van der Waals surface area contributed by atoms with Crippen LogP contribution in [0.4, 0.5) is 0 Å². The minimum absolute atomic E-state index is 0.593. The SMILES string of the molecule is C1=Cc2ccc(-c3nc(-c4cccc(-c5cccnc5)c4)nc(-c4cccc(-c5cccnc5)c4)n3)cc2C2(c3ccccc31)c1ccccc1-c1c2ccc2ccccc12. The summed E-state index contributed by atoms with van der Waals surface area (Å²) in [6, 6.07) is 62.8. The Kier molecular flexibility index (Phi) is 8.00. The Morgan fingerprint density at radius 1 is 0.344 bits per heavy atom. The van der Waals surface area contributed by atoms with Crippen LogP contribution in [0.5, 0.6) is 0 Å². The minimum atomic E-state index is -0.615. The fourth-order valence-electron chi connectivity index (χ4n) is 9.61. The molecule has 5 nitrogen and oxygen atoms in total. The van der Waals surface area contributed by atoms with E-state index < -0.39 is 5.41 Å². The molecule has 1 atom stereocenters. The first-order valence-electron chi connectivity index (χ1n) is 20.5. The van der Waals surface area contributed by atoms with Crippen LogP contribution >= 0.6 is 0 Å². The molecular formula is C56H35N5. The zero-order valence-corrected chi connectivity index (χ0v) is 32.9. The summed E-state index contributed by atoms with van der Waals surface area (Å²) >= 11 is 0. The molecule has 12 rings (SSSR count). The molecule has 0 radical (unpaired) electrons. The highest BCUT2D eigenvalue weighted by Gasteiger charge is 2.49. The van der Waals surface area contributed by atoms with Gasteiger partial charge in [0.2, 0.25) is 0 Å². The van der Waals surface area contributed by atoms with Gasteiger partial charge in [-0.15, -0.1) is 0 Å². The summed E-state index contributed by atoms with van der Waals surface area (Å²) in [5.41, 5.74) is 16.1. The van der Waals surface area contributed by atoms with Gasteiger partial charge in [-0.05, 0) is 96.7 Å². The largest absolute Gasteiger partial charge is 0.264 e. The molecule has 61 heavy (non-hydrogen) atoms. The lowest BCUT2D eigenvalue weighted by atomic mass is 9.65. The third-order valence-corrected chi connectivity index (χ3v) is 12.3. The maximum Gasteiger partial charge on any atom is 0.164 e. The summed E-state index contributed by atoms with van der Waals surface area (Å²) in [4.78, 5) is 24.6. The highest BCUT2D eigenvalue weighted by Crippen LogP contribution is 2.60. The number of hydrogen-bond donors (Lipinski definition) is 0. The number of benzene rings is 7. The lowest BCUT2D eigenvalue weighted by Crippen LogP contribution is -2.30. The van der Waals surface area contributed by atoms with Gasteiger partial charge in [0.15, 0.2) is 17.5 Å². The molecule has 0 amide bonds. The quantitative estimate of drug-likeness (QED) is 0.174. The Morgan fingerprint density at radius 3 is 1.57 bits per heavy atom. The van der Waals surface area contributed by atoms with Crippen molar-refractivity contribution in [3.05, 3.63) is 234 Å². The van der Waals surface area contributed by atoms with Gasteiger partial charge in [0, 0.05) is 52.6 Å². The molecule has 0 saturated carbocycles. The summed E-state index contributed by atoms with van der Waals surface area (Å²) in [6.07, 6.45) is 11.9. The predicted octanol–water partition coefficient (Wildman–Crippen LogP) is 13.0. The number of nitrogens with zero attached hydrogens (tertiary/aromatic N) is 5. The fourth-order valence-corrected chi connectivity index (χ4v) is 9.61. The van der Waals surface area contributed by atoms with Gasteiger partial charge in [-0.25, -0.2) is 15.0 Å². The van der Waals surface area contributed by atoms with Gasteiger partial charge in [-0.3, -0.25) is 9.97 Å². The minimum Gasteiger partial charge on any atom is -0.264 e. The van der Waals surface area contributed by atoms with Crippen LogP contribution in [0.25, 0.3) is 90.5 Å². The van der Waals surface area contributed by atoms with Crippen molar-refractivity contribution in [3.63, 3.8) is 0 Å². The molecule has 2 aliphatic rings. The van der Waals surface area contributed by atoms with Crippen LogP contribution in [-0.4, -0.2) is 24.9 Å². The standard InChI is InChI=1S/C56H35N5/c1-3-19-46-36(11-1)27-28-50-52(46)47-20-4-6-22-49(47)56(50)48-21-5-2-12-37(48)23-24-38-25-26-43(33-51(38)56)55-60-53(41-15-7-13-39(31-41)44-17-9-29-57-34-44)59-54(61-55)42-16-8-14-40(32-42)45-18-10-30-58-35-45/h1-35H. The van der Waals surface area contributed by atoms with E-state index in [1.54, 1.807) is 12.4 Å². The molecule has 0 saturated heterocycles. The molecular weight excluding hydrogens is 743 g/mol. The van der Waals surface area contributed by atoms with E-state index in [0.717, 1.165) is 44.5 Å². The van der Waals surface area contributed by atoms with Crippen molar-refractivity contribution in [1.29, 1.82) is 0 Å². The van der Waals surface area contributed by atoms with Crippen molar-refractivity contribution in [2.75, 3.05) is 0 Å². The maximum atomic E-state index is 5.31. The monoisotopic (exact) mass is 777 g/mol.